The zero-order chi connectivity index (χ0) is 34.6. The van der Waals surface area contributed by atoms with Crippen molar-refractivity contribution >= 4 is 28.8 Å². The molecule has 0 unspecified atom stereocenters. The Morgan fingerprint density at radius 2 is 1.74 bits per heavy atom. The van der Waals surface area contributed by atoms with Crippen LogP contribution in [0, 0.1) is 5.41 Å². The number of anilines is 1. The molecule has 0 saturated carbocycles. The standard InChI is InChI=1S/C37H35F3N8O2/c1-45-23-43-34(44-45)26-4-2-24(3-5-26)25-9-14-47(15-10-25)32(49)21-46-16-11-36(22-46)12-17-48(35(36)50)29-7-6-28-20-42-33(30(28)19-29)27-8-13-41-31(18-27)37(38,39)40/h2-9,13,18-19,23H,10-12,14-17,20-22H2,1H3/t36-/m0/s1. The molecule has 50 heavy (non-hydrogen) atoms. The van der Waals surface area contributed by atoms with Gasteiger partial charge in [0, 0.05) is 61.8 Å². The second-order valence-electron chi connectivity index (χ2n) is 13.5. The monoisotopic (exact) mass is 680 g/mol. The highest BCUT2D eigenvalue weighted by Crippen LogP contribution is 2.43. The van der Waals surface area contributed by atoms with E-state index in [9.17, 15) is 22.8 Å². The van der Waals surface area contributed by atoms with Crippen LogP contribution in [0.4, 0.5) is 18.9 Å². The molecule has 256 valence electrons. The molecular weight excluding hydrogens is 645 g/mol. The normalized spacial score (nSPS) is 20.8. The number of aliphatic imine (C=N–C) groups is 1. The summed E-state index contributed by atoms with van der Waals surface area (Å²) in [6.07, 6.45) is 2.51. The fourth-order valence-corrected chi connectivity index (χ4v) is 7.61. The van der Waals surface area contributed by atoms with E-state index in [1.54, 1.807) is 15.9 Å². The van der Waals surface area contributed by atoms with E-state index in [-0.39, 0.29) is 18.4 Å². The zero-order valence-electron chi connectivity index (χ0n) is 27.5. The molecule has 0 bridgehead atoms. The van der Waals surface area contributed by atoms with E-state index in [0.29, 0.717) is 74.9 Å². The lowest BCUT2D eigenvalue weighted by Crippen LogP contribution is -2.43. The van der Waals surface area contributed by atoms with Gasteiger partial charge in [-0.05, 0) is 66.8 Å². The molecule has 2 aromatic heterocycles. The average Bonchev–Trinajstić information content (AvgIpc) is 3.92. The summed E-state index contributed by atoms with van der Waals surface area (Å²) in [5.41, 5.74) is 4.92. The third-order valence-electron chi connectivity index (χ3n) is 10.4. The van der Waals surface area contributed by atoms with Crippen LogP contribution in [0.3, 0.4) is 0 Å². The highest BCUT2D eigenvalue weighted by atomic mass is 19.4. The number of likely N-dealkylation sites (tertiary alicyclic amines) is 1. The number of fused-ring (bicyclic) bond motifs is 1. The molecule has 6 heterocycles. The first-order valence-electron chi connectivity index (χ1n) is 16.8. The van der Waals surface area contributed by atoms with Crippen LogP contribution < -0.4 is 4.90 Å². The number of carbonyl (C=O) groups excluding carboxylic acids is 2. The maximum Gasteiger partial charge on any atom is 0.433 e. The molecule has 1 spiro atoms. The quantitative estimate of drug-likeness (QED) is 0.285. The van der Waals surface area contributed by atoms with E-state index in [1.807, 2.05) is 42.3 Å². The lowest BCUT2D eigenvalue weighted by molar-refractivity contribution is -0.141. The molecule has 0 aliphatic carbocycles. The molecule has 13 heteroatoms. The van der Waals surface area contributed by atoms with E-state index in [4.69, 9.17) is 0 Å². The Bertz CT molecular complexity index is 2050. The molecule has 2 aromatic carbocycles. The van der Waals surface area contributed by atoms with Crippen LogP contribution >= 0.6 is 0 Å². The molecule has 2 fully saturated rings. The number of hydrogen-bond acceptors (Lipinski definition) is 7. The van der Waals surface area contributed by atoms with E-state index in [0.717, 1.165) is 40.9 Å². The van der Waals surface area contributed by atoms with Crippen molar-refractivity contribution in [2.45, 2.75) is 32.0 Å². The van der Waals surface area contributed by atoms with Gasteiger partial charge in [0.2, 0.25) is 11.8 Å². The summed E-state index contributed by atoms with van der Waals surface area (Å²) >= 11 is 0. The Kier molecular flexibility index (Phi) is 7.89. The molecule has 4 aliphatic rings. The third kappa shape index (κ3) is 5.89. The summed E-state index contributed by atoms with van der Waals surface area (Å²) in [6, 6.07) is 16.4. The average molecular weight is 681 g/mol. The molecule has 4 aromatic rings. The largest absolute Gasteiger partial charge is 0.433 e. The van der Waals surface area contributed by atoms with Gasteiger partial charge in [-0.15, -0.1) is 0 Å². The van der Waals surface area contributed by atoms with Crippen molar-refractivity contribution in [1.29, 1.82) is 0 Å². The van der Waals surface area contributed by atoms with Gasteiger partial charge in [0.1, 0.15) is 12.0 Å². The molecule has 10 nitrogen and oxygen atoms in total. The van der Waals surface area contributed by atoms with Crippen molar-refractivity contribution in [3.63, 3.8) is 0 Å². The Hall–Kier alpha value is -5.17. The second-order valence-corrected chi connectivity index (χ2v) is 13.5. The predicted octanol–water partition coefficient (Wildman–Crippen LogP) is 4.99. The Morgan fingerprint density at radius 1 is 0.940 bits per heavy atom. The first-order chi connectivity index (χ1) is 24.1. The smallest absolute Gasteiger partial charge is 0.338 e. The summed E-state index contributed by atoms with van der Waals surface area (Å²) in [7, 11) is 1.84. The lowest BCUT2D eigenvalue weighted by atomic mass is 9.85. The van der Waals surface area contributed by atoms with Gasteiger partial charge in [-0.2, -0.15) is 18.3 Å². The number of pyridine rings is 1. The van der Waals surface area contributed by atoms with Crippen LogP contribution in [0.25, 0.3) is 17.0 Å². The molecular formula is C37H35F3N8O2. The first-order valence-corrected chi connectivity index (χ1v) is 16.8. The summed E-state index contributed by atoms with van der Waals surface area (Å²) in [6.45, 7) is 3.55. The van der Waals surface area contributed by atoms with Gasteiger partial charge in [0.15, 0.2) is 5.82 Å². The molecule has 2 saturated heterocycles. The number of nitrogens with zero attached hydrogens (tertiary/aromatic N) is 8. The minimum atomic E-state index is -4.56. The van der Waals surface area contributed by atoms with Crippen molar-refractivity contribution in [2.75, 3.05) is 44.2 Å². The first kappa shape index (κ1) is 32.1. The van der Waals surface area contributed by atoms with Gasteiger partial charge in [0.05, 0.1) is 24.2 Å². The van der Waals surface area contributed by atoms with Crippen molar-refractivity contribution in [1.82, 2.24) is 29.5 Å². The minimum Gasteiger partial charge on any atom is -0.338 e. The SMILES string of the molecule is Cn1cnc(-c2ccc(C3=CCN(C(=O)CN4CC[C@]5(CCN(c6ccc7c(c6)C(c6ccnc(C(F)(F)F)c6)=NC7)C5=O)C4)CC3)cc2)n1. The fourth-order valence-electron chi connectivity index (χ4n) is 7.61. The minimum absolute atomic E-state index is 0.0301. The maximum atomic E-state index is 14.0. The highest BCUT2D eigenvalue weighted by Gasteiger charge is 2.51. The van der Waals surface area contributed by atoms with Crippen LogP contribution in [-0.4, -0.2) is 86.3 Å². The van der Waals surface area contributed by atoms with E-state index in [1.165, 1.54) is 11.6 Å². The Balaban J connectivity index is 0.890. The van der Waals surface area contributed by atoms with Gasteiger partial charge in [-0.25, -0.2) is 4.98 Å². The topological polar surface area (TPSA) is 99.8 Å². The van der Waals surface area contributed by atoms with Gasteiger partial charge in [-0.1, -0.05) is 36.4 Å². The van der Waals surface area contributed by atoms with Gasteiger partial charge >= 0.3 is 6.18 Å². The molecule has 8 rings (SSSR count). The Labute approximate surface area is 286 Å². The highest BCUT2D eigenvalue weighted by molar-refractivity contribution is 6.16. The van der Waals surface area contributed by atoms with Crippen LogP contribution in [0.5, 0.6) is 0 Å². The number of rotatable bonds is 6. The van der Waals surface area contributed by atoms with E-state index >= 15 is 0 Å². The third-order valence-corrected chi connectivity index (χ3v) is 10.4. The van der Waals surface area contributed by atoms with Crippen molar-refractivity contribution in [2.24, 2.45) is 17.5 Å². The van der Waals surface area contributed by atoms with E-state index < -0.39 is 17.3 Å². The lowest BCUT2D eigenvalue weighted by Gasteiger charge is -2.29. The number of carbonyl (C=O) groups is 2. The number of aromatic nitrogens is 4. The predicted molar refractivity (Wildman–Crippen MR) is 181 cm³/mol. The summed E-state index contributed by atoms with van der Waals surface area (Å²) in [4.78, 5) is 45.4. The van der Waals surface area contributed by atoms with Crippen molar-refractivity contribution in [3.8, 4) is 11.4 Å². The maximum absolute atomic E-state index is 14.0. The van der Waals surface area contributed by atoms with E-state index in [2.05, 4.69) is 43.2 Å². The van der Waals surface area contributed by atoms with Crippen LogP contribution in [0.1, 0.15) is 47.2 Å². The number of hydrogen-bond donors (Lipinski definition) is 0. The fraction of sp³-hybridized carbons (Fsp3) is 0.351. The van der Waals surface area contributed by atoms with Gasteiger partial charge in [0.25, 0.3) is 0 Å². The summed E-state index contributed by atoms with van der Waals surface area (Å²) in [5, 5.41) is 4.36. The second kappa shape index (κ2) is 12.3. The van der Waals surface area contributed by atoms with Gasteiger partial charge < -0.3 is 9.80 Å². The number of amides is 2. The van der Waals surface area contributed by atoms with Crippen LogP contribution in [0.2, 0.25) is 0 Å². The molecule has 1 atom stereocenters. The number of alkyl halides is 3. The number of aryl methyl sites for hydroxylation is 1. The Morgan fingerprint density at radius 3 is 2.48 bits per heavy atom. The number of benzene rings is 2. The molecule has 2 amide bonds. The van der Waals surface area contributed by atoms with Crippen LogP contribution in [0.15, 0.2) is 78.2 Å². The van der Waals surface area contributed by atoms with Gasteiger partial charge in [-0.3, -0.25) is 29.1 Å². The van der Waals surface area contributed by atoms with Crippen molar-refractivity contribution in [3.05, 3.63) is 101 Å². The molecule has 4 aliphatic heterocycles. The van der Waals surface area contributed by atoms with Crippen LogP contribution in [-0.2, 0) is 29.4 Å². The molecule has 0 radical (unpaired) electrons. The van der Waals surface area contributed by atoms with Crippen molar-refractivity contribution < 1.29 is 22.8 Å². The summed E-state index contributed by atoms with van der Waals surface area (Å²) in [5.74, 6) is 0.778. The number of halogens is 3. The molecule has 0 N–H and O–H groups in total. The summed E-state index contributed by atoms with van der Waals surface area (Å²) < 4.78 is 41.7. The zero-order valence-corrected chi connectivity index (χ0v) is 27.5.